The number of hydrogen-bond donors (Lipinski definition) is 17. The van der Waals surface area contributed by atoms with Crippen LogP contribution < -0.4 is 0 Å². The molecule has 0 aromatic heterocycles. The fraction of sp³-hybridized carbons (Fsp3) is 0.944. The van der Waals surface area contributed by atoms with Gasteiger partial charge in [0.05, 0.1) is 52.4 Å². The maximum absolute atomic E-state index is 12.7. The van der Waals surface area contributed by atoms with Crippen LogP contribution in [0.5, 0.6) is 0 Å². The molecule has 0 aromatic rings. The quantitative estimate of drug-likeness (QED) is 0.0448. The Morgan fingerprint density at radius 3 is 1.82 bits per heavy atom. The van der Waals surface area contributed by atoms with Gasteiger partial charge in [-0.25, -0.2) is 9.79 Å². The van der Waals surface area contributed by atoms with Crippen molar-refractivity contribution in [1.82, 2.24) is 0 Å². The Bertz CT molecular complexity index is 1520. The van der Waals surface area contributed by atoms with Crippen molar-refractivity contribution in [3.8, 4) is 0 Å². The summed E-state index contributed by atoms with van der Waals surface area (Å²) in [6.07, 6.45) is -42.3. The maximum atomic E-state index is 12.7. The molecule has 0 radical (unpaired) electrons. The Balaban J connectivity index is 1.29. The van der Waals surface area contributed by atoms with Crippen LogP contribution >= 0.6 is 0 Å². The maximum Gasteiger partial charge on any atom is 0.364 e. The number of hydrogen-bond acceptors (Lipinski definition) is 28. The molecule has 5 heterocycles. The van der Waals surface area contributed by atoms with Crippen molar-refractivity contribution in [2.75, 3.05) is 40.1 Å². The number of aliphatic hydroxyl groups is 16. The van der Waals surface area contributed by atoms with Crippen molar-refractivity contribution in [1.29, 1.82) is 0 Å². The third kappa shape index (κ3) is 11.4. The number of rotatable bonds is 18. The molecule has 29 nitrogen and oxygen atoms in total. The minimum absolute atomic E-state index is 0.845. The van der Waals surface area contributed by atoms with Gasteiger partial charge in [-0.1, -0.05) is 6.92 Å². The van der Waals surface area contributed by atoms with Crippen molar-refractivity contribution in [3.05, 3.63) is 0 Å². The summed E-state index contributed by atoms with van der Waals surface area (Å²) in [4.78, 5) is 16.5. The molecule has 17 N–H and O–H groups in total. The van der Waals surface area contributed by atoms with E-state index in [0.717, 1.165) is 6.40 Å². The Morgan fingerprint density at radius 2 is 1.23 bits per heavy atom. The first-order valence-electron chi connectivity index (χ1n) is 20.5. The second-order valence-electron chi connectivity index (χ2n) is 16.3. The van der Waals surface area contributed by atoms with Gasteiger partial charge in [0.2, 0.25) is 0 Å². The number of aliphatic hydroxyl groups excluding tert-OH is 16. The molecule has 65 heavy (non-hydrogen) atoms. The average Bonchev–Trinajstić information content (AvgIpc) is 3.29. The Morgan fingerprint density at radius 1 is 0.677 bits per heavy atom. The first kappa shape index (κ1) is 53.9. The predicted octanol–water partition coefficient (Wildman–Crippen LogP) is -10.8. The number of carboxylic acids is 1. The summed E-state index contributed by atoms with van der Waals surface area (Å²) >= 11 is 0. The molecule has 0 saturated carbocycles. The van der Waals surface area contributed by atoms with Crippen LogP contribution in [0.2, 0.25) is 0 Å². The lowest BCUT2D eigenvalue weighted by Crippen LogP contribution is -2.67. The number of methoxy groups -OCH3 is 1. The van der Waals surface area contributed by atoms with E-state index in [1.807, 2.05) is 0 Å². The molecule has 5 aliphatic rings. The van der Waals surface area contributed by atoms with Gasteiger partial charge in [-0.3, -0.25) is 0 Å². The second kappa shape index (κ2) is 23.0. The van der Waals surface area contributed by atoms with Gasteiger partial charge < -0.3 is 134 Å². The topological polar surface area (TPSA) is 466 Å². The van der Waals surface area contributed by atoms with Gasteiger partial charge in [0, 0.05) is 12.3 Å². The summed E-state index contributed by atoms with van der Waals surface area (Å²) in [6, 6.07) is -1.47. The van der Waals surface area contributed by atoms with E-state index in [2.05, 4.69) is 4.99 Å². The van der Waals surface area contributed by atoms with Crippen LogP contribution in [0.4, 0.5) is 0 Å². The largest absolute Gasteiger partial charge is 0.487 e. The molecule has 5 aliphatic heterocycles. The van der Waals surface area contributed by atoms with Crippen LogP contribution in [0.25, 0.3) is 0 Å². The van der Waals surface area contributed by atoms with Crippen LogP contribution in [0.15, 0.2) is 4.99 Å². The van der Waals surface area contributed by atoms with Crippen LogP contribution in [0.1, 0.15) is 13.3 Å². The Kier molecular flexibility index (Phi) is 19.1. The molecule has 0 aliphatic carbocycles. The summed E-state index contributed by atoms with van der Waals surface area (Å²) in [5.41, 5.74) is 0. The molecule has 29 heteroatoms. The molecule has 0 aromatic carbocycles. The van der Waals surface area contributed by atoms with Crippen LogP contribution in [0.3, 0.4) is 0 Å². The summed E-state index contributed by atoms with van der Waals surface area (Å²) in [7, 11) is 1.20. The van der Waals surface area contributed by atoms with E-state index in [1.165, 1.54) is 14.0 Å². The zero-order valence-corrected chi connectivity index (χ0v) is 34.8. The highest BCUT2D eigenvalue weighted by Gasteiger charge is 2.58. The van der Waals surface area contributed by atoms with Gasteiger partial charge in [-0.2, -0.15) is 0 Å². The molecule has 5 rings (SSSR count). The standard InChI is InChI=1S/C36H61NO28/c1-10-18(44)27(15(7-41)60-32(10)64-30-21(47)13(5-39)59-34(26(30)52)63-28-14(6-40)58-31(53)24(50)23(28)49)62-33-25(51)22(48)20(46)16(61-33)8-57-36(35(54)55)3-11(42)17(37-9-56-2)29(65-36)19(45)12(43)4-38/h9-34,38-53H,3-8H2,1-2H3,(H,54,55)/b37-9+. The van der Waals surface area contributed by atoms with Crippen molar-refractivity contribution < 1.29 is 139 Å². The summed E-state index contributed by atoms with van der Waals surface area (Å²) in [5.74, 6) is -5.98. The zero-order valence-electron chi connectivity index (χ0n) is 34.8. The smallest absolute Gasteiger partial charge is 0.364 e. The monoisotopic (exact) mass is 955 g/mol. The van der Waals surface area contributed by atoms with Gasteiger partial charge in [-0.15, -0.1) is 0 Å². The average molecular weight is 956 g/mol. The summed E-state index contributed by atoms with van der Waals surface area (Å²) < 4.78 is 55.2. The van der Waals surface area contributed by atoms with Crippen LogP contribution in [-0.2, 0) is 52.2 Å². The zero-order chi connectivity index (χ0) is 48.2. The third-order valence-electron chi connectivity index (χ3n) is 12.0. The molecular weight excluding hydrogens is 894 g/mol. The molecule has 0 amide bonds. The number of aliphatic imine (C=N–C) groups is 1. The number of nitrogens with zero attached hydrogens (tertiary/aromatic N) is 1. The normalized spacial score (nSPS) is 48.5. The molecule has 378 valence electrons. The van der Waals surface area contributed by atoms with Gasteiger partial charge in [0.25, 0.3) is 5.79 Å². The lowest BCUT2D eigenvalue weighted by Gasteiger charge is -2.49. The van der Waals surface area contributed by atoms with E-state index in [-0.39, 0.29) is 0 Å². The van der Waals surface area contributed by atoms with E-state index in [4.69, 9.17) is 47.4 Å². The SMILES string of the molecule is CO/C=N/C1C(O)CC(OCC2OC(OC3C(CO)OC(OC4C(O)C(CO)OC(OC5C(CO)OC(O)C(O)C5O)C4O)C(C)C3O)C(O)C(O)C2O)(C(=O)O)OC1C(O)C(O)CO. The number of carboxylic acid groups (broad SMARTS) is 1. The Hall–Kier alpha value is -2.06. The van der Waals surface area contributed by atoms with E-state index in [1.54, 1.807) is 0 Å². The molecular formula is C36H61NO28. The minimum atomic E-state index is -2.87. The van der Waals surface area contributed by atoms with E-state index in [0.29, 0.717) is 0 Å². The molecule has 5 fully saturated rings. The van der Waals surface area contributed by atoms with Gasteiger partial charge >= 0.3 is 5.97 Å². The fourth-order valence-corrected chi connectivity index (χ4v) is 8.09. The minimum Gasteiger partial charge on any atom is -0.487 e. The van der Waals surface area contributed by atoms with Crippen molar-refractivity contribution in [2.45, 2.75) is 166 Å². The predicted molar refractivity (Wildman–Crippen MR) is 200 cm³/mol. The first-order valence-corrected chi connectivity index (χ1v) is 20.5. The van der Waals surface area contributed by atoms with Gasteiger partial charge in [-0.05, 0) is 0 Å². The first-order chi connectivity index (χ1) is 30.7. The van der Waals surface area contributed by atoms with E-state index < -0.39 is 204 Å². The summed E-state index contributed by atoms with van der Waals surface area (Å²) in [5, 5.41) is 178. The summed E-state index contributed by atoms with van der Waals surface area (Å²) in [6.45, 7) is -3.40. The number of aliphatic carboxylic acids is 1. The fourth-order valence-electron chi connectivity index (χ4n) is 8.09. The third-order valence-corrected chi connectivity index (χ3v) is 12.0. The lowest BCUT2D eigenvalue weighted by molar-refractivity contribution is -0.385. The number of ether oxygens (including phenoxy) is 10. The van der Waals surface area contributed by atoms with Gasteiger partial charge in [0.15, 0.2) is 31.6 Å². The number of carbonyl (C=O) groups is 1. The highest BCUT2D eigenvalue weighted by Crippen LogP contribution is 2.38. The molecule has 26 atom stereocenters. The van der Waals surface area contributed by atoms with Crippen molar-refractivity contribution in [3.63, 3.8) is 0 Å². The van der Waals surface area contributed by atoms with E-state index in [9.17, 15) is 91.6 Å². The van der Waals surface area contributed by atoms with Crippen LogP contribution in [0, 0.1) is 5.92 Å². The van der Waals surface area contributed by atoms with Crippen molar-refractivity contribution in [2.24, 2.45) is 10.9 Å². The highest BCUT2D eigenvalue weighted by molar-refractivity contribution is 5.76. The van der Waals surface area contributed by atoms with Crippen molar-refractivity contribution >= 4 is 12.4 Å². The second-order valence-corrected chi connectivity index (χ2v) is 16.3. The molecule has 0 spiro atoms. The van der Waals surface area contributed by atoms with Crippen LogP contribution in [-0.4, -0.2) is 292 Å². The highest BCUT2D eigenvalue weighted by atomic mass is 16.8. The Labute approximate surface area is 368 Å². The molecule has 26 unspecified atom stereocenters. The van der Waals surface area contributed by atoms with Gasteiger partial charge in [0.1, 0.15) is 110 Å². The molecule has 5 saturated heterocycles. The molecule has 0 bridgehead atoms. The lowest BCUT2D eigenvalue weighted by atomic mass is 9.89. The van der Waals surface area contributed by atoms with E-state index >= 15 is 0 Å².